The monoisotopic (exact) mass is 375 g/mol. The van der Waals surface area contributed by atoms with Crippen molar-refractivity contribution in [1.82, 2.24) is 10.6 Å². The van der Waals surface area contributed by atoms with Gasteiger partial charge in [-0.3, -0.25) is 5.32 Å². The largest absolute Gasteiger partial charge is 0.453 e. The Hall–Kier alpha value is -1.08. The highest BCUT2D eigenvalue weighted by molar-refractivity contribution is 9.13. The number of guanidine groups is 1. The molecule has 0 radical (unpaired) electrons. The van der Waals surface area contributed by atoms with Gasteiger partial charge in [0.1, 0.15) is 0 Å². The molecule has 1 aromatic rings. The van der Waals surface area contributed by atoms with Crippen LogP contribution in [0.3, 0.4) is 0 Å². The first-order valence-electron chi connectivity index (χ1n) is 5.22. The number of carbonyl (C=O) groups excluding carboxylic acids is 1. The van der Waals surface area contributed by atoms with E-state index in [-0.39, 0.29) is 6.04 Å². The Morgan fingerprint density at radius 3 is 3.06 bits per heavy atom. The zero-order valence-electron chi connectivity index (χ0n) is 9.54. The number of ether oxygens (including phenoxy) is 1. The van der Waals surface area contributed by atoms with E-state index < -0.39 is 6.09 Å². The second-order valence-corrected chi connectivity index (χ2v) is 5.28. The number of benzene rings is 1. The van der Waals surface area contributed by atoms with Crippen LogP contribution in [0.25, 0.3) is 0 Å². The van der Waals surface area contributed by atoms with Crippen molar-refractivity contribution in [2.75, 3.05) is 13.7 Å². The van der Waals surface area contributed by atoms with Crippen LogP contribution in [0.1, 0.15) is 11.6 Å². The highest BCUT2D eigenvalue weighted by Gasteiger charge is 2.22. The maximum atomic E-state index is 11.1. The maximum absolute atomic E-state index is 11.1. The van der Waals surface area contributed by atoms with Gasteiger partial charge in [0.25, 0.3) is 0 Å². The average molecular weight is 377 g/mol. The van der Waals surface area contributed by atoms with Gasteiger partial charge in [0.2, 0.25) is 5.96 Å². The van der Waals surface area contributed by atoms with Gasteiger partial charge in [-0.1, -0.05) is 12.1 Å². The van der Waals surface area contributed by atoms with Crippen LogP contribution in [0.4, 0.5) is 4.79 Å². The van der Waals surface area contributed by atoms with E-state index in [2.05, 4.69) is 52.2 Å². The summed E-state index contributed by atoms with van der Waals surface area (Å²) in [5.74, 6) is 0.429. The second-order valence-electron chi connectivity index (χ2n) is 3.63. The number of methoxy groups -OCH3 is 1. The lowest BCUT2D eigenvalue weighted by Crippen LogP contribution is -2.37. The van der Waals surface area contributed by atoms with E-state index in [1.165, 1.54) is 7.11 Å². The number of nitrogens with zero attached hydrogens (tertiary/aromatic N) is 1. The molecular formula is C11H11Br2N3O2. The van der Waals surface area contributed by atoms with Crippen molar-refractivity contribution in [1.29, 1.82) is 0 Å². The number of carbonyl (C=O) groups is 1. The van der Waals surface area contributed by atoms with Crippen molar-refractivity contribution >= 4 is 43.9 Å². The number of aliphatic imine (C=N–C) groups is 1. The first-order chi connectivity index (χ1) is 8.61. The fourth-order valence-electron chi connectivity index (χ4n) is 1.62. The molecule has 0 spiro atoms. The van der Waals surface area contributed by atoms with Crippen molar-refractivity contribution < 1.29 is 9.53 Å². The van der Waals surface area contributed by atoms with Gasteiger partial charge in [-0.2, -0.15) is 0 Å². The van der Waals surface area contributed by atoms with E-state index in [1.54, 1.807) is 0 Å². The van der Waals surface area contributed by atoms with Crippen LogP contribution in [0.5, 0.6) is 0 Å². The normalized spacial score (nSPS) is 17.9. The summed E-state index contributed by atoms with van der Waals surface area (Å²) in [5, 5.41) is 5.53. The molecule has 1 aromatic carbocycles. The number of halogens is 2. The molecule has 1 aliphatic heterocycles. The Balaban J connectivity index is 2.16. The highest BCUT2D eigenvalue weighted by atomic mass is 79.9. The molecule has 2 N–H and O–H groups in total. The first kappa shape index (κ1) is 13.4. The lowest BCUT2D eigenvalue weighted by molar-refractivity contribution is 0.176. The summed E-state index contributed by atoms with van der Waals surface area (Å²) in [6, 6.07) is 5.86. The number of rotatable bonds is 1. The van der Waals surface area contributed by atoms with Crippen LogP contribution >= 0.6 is 31.9 Å². The summed E-state index contributed by atoms with van der Waals surface area (Å²) in [7, 11) is 1.31. The smallest absolute Gasteiger partial charge is 0.413 e. The predicted octanol–water partition coefficient (Wildman–Crippen LogP) is 2.57. The number of hydrogen-bond acceptors (Lipinski definition) is 4. The van der Waals surface area contributed by atoms with Crippen LogP contribution in [-0.4, -0.2) is 25.7 Å². The Labute approximate surface area is 121 Å². The molecule has 0 saturated carbocycles. The molecule has 1 amide bonds. The van der Waals surface area contributed by atoms with Gasteiger partial charge in [0, 0.05) is 15.5 Å². The molecule has 0 bridgehead atoms. The summed E-state index contributed by atoms with van der Waals surface area (Å²) in [5.41, 5.74) is 1.05. The first-order valence-corrected chi connectivity index (χ1v) is 6.81. The molecule has 0 aliphatic carbocycles. The Morgan fingerprint density at radius 1 is 1.56 bits per heavy atom. The molecule has 2 rings (SSSR count). The molecular weight excluding hydrogens is 366 g/mol. The minimum atomic E-state index is -0.532. The number of nitrogens with one attached hydrogen (secondary N) is 2. The molecule has 1 atom stereocenters. The summed E-state index contributed by atoms with van der Waals surface area (Å²) >= 11 is 6.97. The zero-order valence-corrected chi connectivity index (χ0v) is 12.7. The van der Waals surface area contributed by atoms with Gasteiger partial charge >= 0.3 is 6.09 Å². The molecule has 0 fully saturated rings. The lowest BCUT2D eigenvalue weighted by atomic mass is 10.1. The van der Waals surface area contributed by atoms with E-state index in [4.69, 9.17) is 0 Å². The highest BCUT2D eigenvalue weighted by Crippen LogP contribution is 2.32. The predicted molar refractivity (Wildman–Crippen MR) is 75.6 cm³/mol. The lowest BCUT2D eigenvalue weighted by Gasteiger charge is -2.09. The Kier molecular flexibility index (Phi) is 4.23. The van der Waals surface area contributed by atoms with E-state index in [0.29, 0.717) is 12.5 Å². The number of amides is 1. The molecule has 1 aliphatic rings. The third-order valence-electron chi connectivity index (χ3n) is 2.49. The van der Waals surface area contributed by atoms with Crippen molar-refractivity contribution in [2.45, 2.75) is 6.04 Å². The van der Waals surface area contributed by atoms with Crippen LogP contribution < -0.4 is 10.6 Å². The van der Waals surface area contributed by atoms with Crippen LogP contribution in [0, 0.1) is 0 Å². The summed E-state index contributed by atoms with van der Waals surface area (Å²) in [4.78, 5) is 15.5. The molecule has 1 heterocycles. The molecule has 5 nitrogen and oxygen atoms in total. The molecule has 7 heteroatoms. The molecule has 0 aromatic heterocycles. The van der Waals surface area contributed by atoms with Gasteiger partial charge in [0.15, 0.2) is 0 Å². The van der Waals surface area contributed by atoms with Crippen LogP contribution in [0.2, 0.25) is 0 Å². The Morgan fingerprint density at radius 2 is 2.33 bits per heavy atom. The second kappa shape index (κ2) is 5.71. The van der Waals surface area contributed by atoms with E-state index in [0.717, 1.165) is 14.5 Å². The van der Waals surface area contributed by atoms with Crippen molar-refractivity contribution in [2.24, 2.45) is 4.99 Å². The SMILES string of the molecule is COC(=O)NC1=NC(c2cccc(Br)c2Br)CN1. The standard InChI is InChI=1S/C11H11Br2N3O2/c1-18-11(17)16-10-14-5-8(15-10)6-3-2-4-7(12)9(6)13/h2-4,8H,5H2,1H3,(H2,14,15,16,17). The van der Waals surface area contributed by atoms with Crippen LogP contribution in [-0.2, 0) is 4.74 Å². The number of hydrogen-bond donors (Lipinski definition) is 2. The zero-order chi connectivity index (χ0) is 13.1. The van der Waals surface area contributed by atoms with Crippen LogP contribution in [0.15, 0.2) is 32.1 Å². The molecule has 96 valence electrons. The summed E-state index contributed by atoms with van der Waals surface area (Å²) in [6.07, 6.45) is -0.532. The minimum Gasteiger partial charge on any atom is -0.453 e. The molecule has 0 saturated heterocycles. The van der Waals surface area contributed by atoms with E-state index in [9.17, 15) is 4.79 Å². The summed E-state index contributed by atoms with van der Waals surface area (Å²) in [6.45, 7) is 0.633. The van der Waals surface area contributed by atoms with Crippen molar-refractivity contribution in [3.63, 3.8) is 0 Å². The minimum absolute atomic E-state index is 0.0379. The van der Waals surface area contributed by atoms with Gasteiger partial charge in [0.05, 0.1) is 13.2 Å². The maximum Gasteiger partial charge on any atom is 0.413 e. The number of alkyl carbamates (subject to hydrolysis) is 1. The average Bonchev–Trinajstić information content (AvgIpc) is 2.80. The fourth-order valence-corrected chi connectivity index (χ4v) is 2.53. The molecule has 18 heavy (non-hydrogen) atoms. The van der Waals surface area contributed by atoms with Gasteiger partial charge in [-0.15, -0.1) is 0 Å². The fraction of sp³-hybridized carbons (Fsp3) is 0.273. The van der Waals surface area contributed by atoms with E-state index in [1.807, 2.05) is 18.2 Å². The van der Waals surface area contributed by atoms with Crippen molar-refractivity contribution in [3.8, 4) is 0 Å². The van der Waals surface area contributed by atoms with Gasteiger partial charge in [-0.05, 0) is 43.5 Å². The van der Waals surface area contributed by atoms with E-state index >= 15 is 0 Å². The Bertz CT molecular complexity index is 505. The third kappa shape index (κ3) is 2.84. The van der Waals surface area contributed by atoms with Crippen molar-refractivity contribution in [3.05, 3.63) is 32.7 Å². The summed E-state index contributed by atoms with van der Waals surface area (Å²) < 4.78 is 6.46. The van der Waals surface area contributed by atoms with Gasteiger partial charge < -0.3 is 10.1 Å². The van der Waals surface area contributed by atoms with Gasteiger partial charge in [-0.25, -0.2) is 9.79 Å². The quantitative estimate of drug-likeness (QED) is 0.791. The molecule has 1 unspecified atom stereocenters. The third-order valence-corrected chi connectivity index (χ3v) is 4.57. The topological polar surface area (TPSA) is 62.7 Å².